The molecule has 7 rings (SSSR count). The summed E-state index contributed by atoms with van der Waals surface area (Å²) in [7, 11) is 3.05. The number of amides is 1. The molecule has 1 amide bonds. The predicted molar refractivity (Wildman–Crippen MR) is 191 cm³/mol. The molecule has 3 aliphatic carbocycles. The van der Waals surface area contributed by atoms with Crippen LogP contribution in [0.4, 0.5) is 0 Å². The van der Waals surface area contributed by atoms with Gasteiger partial charge in [-0.05, 0) is 63.4 Å². The van der Waals surface area contributed by atoms with Crippen LogP contribution in [0.25, 0.3) is 0 Å². The molecule has 284 valence electrons. The molecule has 0 spiro atoms. The topological polar surface area (TPSA) is 190 Å². The summed E-state index contributed by atoms with van der Waals surface area (Å²) in [6.45, 7) is 9.61. The Morgan fingerprint density at radius 3 is 2.44 bits per heavy atom. The Bertz CT molecular complexity index is 1710. The van der Waals surface area contributed by atoms with Gasteiger partial charge < -0.3 is 45.3 Å². The van der Waals surface area contributed by atoms with Gasteiger partial charge in [-0.15, -0.1) is 0 Å². The third-order valence-electron chi connectivity index (χ3n) is 11.8. The fourth-order valence-corrected chi connectivity index (χ4v) is 8.93. The van der Waals surface area contributed by atoms with E-state index in [2.05, 4.69) is 24.1 Å². The van der Waals surface area contributed by atoms with Gasteiger partial charge in [0.25, 0.3) is 0 Å². The number of fused-ring (bicyclic) bond motifs is 3. The minimum atomic E-state index is -0.565. The Morgan fingerprint density at radius 2 is 1.75 bits per heavy atom. The molecule has 2 heterocycles. The van der Waals surface area contributed by atoms with Crippen molar-refractivity contribution in [2.45, 2.75) is 95.8 Å². The van der Waals surface area contributed by atoms with Gasteiger partial charge in [0, 0.05) is 67.5 Å². The van der Waals surface area contributed by atoms with Crippen molar-refractivity contribution in [1.82, 2.24) is 10.2 Å². The van der Waals surface area contributed by atoms with Gasteiger partial charge in [-0.3, -0.25) is 19.3 Å². The van der Waals surface area contributed by atoms with E-state index >= 15 is 0 Å². The Morgan fingerprint density at radius 1 is 1.04 bits per heavy atom. The highest BCUT2D eigenvalue weighted by atomic mass is 16.7. The minimum Gasteiger partial charge on any atom is -0.507 e. The minimum absolute atomic E-state index is 0.0340. The van der Waals surface area contributed by atoms with Crippen molar-refractivity contribution in [2.75, 3.05) is 47.1 Å². The fourth-order valence-electron chi connectivity index (χ4n) is 8.93. The summed E-state index contributed by atoms with van der Waals surface area (Å²) >= 11 is 0. The van der Waals surface area contributed by atoms with E-state index in [1.165, 1.54) is 13.2 Å². The van der Waals surface area contributed by atoms with Crippen LogP contribution < -0.4 is 15.8 Å². The maximum atomic E-state index is 13.4. The van der Waals surface area contributed by atoms with Crippen molar-refractivity contribution in [3.8, 4) is 17.2 Å². The molecule has 5 aliphatic rings. The number of phenols is 2. The van der Waals surface area contributed by atoms with E-state index in [1.807, 2.05) is 6.92 Å². The zero-order chi connectivity index (χ0) is 37.5. The number of ether oxygens (including phenoxy) is 4. The molecule has 6 N–H and O–H groups in total. The average molecular weight is 724 g/mol. The standard InChI is InChI=1S/C28H32N2O6.C11H21NO4/c1-4-28(29)11-27(2,12-28)13-30-26(35)14-8-9-15-17(10-14)24(33)20-21(22(15)31)25(34)19-16(23(20)32)6-5-7-18(19)36-3;1-8-11(13)9(3-5-15-8)12-4-6-16-10(7-12)14-2/h5-7,14,31,33H,4,8-13,29H2,1-3H3,(H,30,35);8-11,13H,3-7H2,1-2H3. The number of aromatic hydroxyl groups is 2. The number of carbonyl (C=O) groups is 3. The van der Waals surface area contributed by atoms with Crippen molar-refractivity contribution in [3.63, 3.8) is 0 Å². The number of phenolic OH excluding ortho intramolecular Hbond substituents is 2. The zero-order valence-electron chi connectivity index (χ0n) is 30.8. The van der Waals surface area contributed by atoms with Crippen LogP contribution >= 0.6 is 0 Å². The SMILES string of the molecule is CCC1(N)CC(C)(CNC(=O)C2CCc3c(O)c4c(c(O)c3C2)C(=O)c2cccc(OC)c2C4=O)C1.COC1CN(C2CCOC(C)C2O)CCO1. The fraction of sp³-hybridized carbons (Fsp3) is 0.615. The number of carbonyl (C=O) groups excluding carboxylic acids is 3. The van der Waals surface area contributed by atoms with Crippen molar-refractivity contribution < 1.29 is 48.7 Å². The van der Waals surface area contributed by atoms with E-state index in [4.69, 9.17) is 24.7 Å². The third kappa shape index (κ3) is 7.06. The lowest BCUT2D eigenvalue weighted by Gasteiger charge is -2.52. The van der Waals surface area contributed by atoms with Crippen LogP contribution in [0.15, 0.2) is 18.2 Å². The highest BCUT2D eigenvalue weighted by molar-refractivity contribution is 6.31. The molecule has 0 bridgehead atoms. The first-order valence-electron chi connectivity index (χ1n) is 18.4. The first-order chi connectivity index (χ1) is 24.7. The zero-order valence-corrected chi connectivity index (χ0v) is 30.8. The van der Waals surface area contributed by atoms with E-state index < -0.39 is 23.6 Å². The number of benzene rings is 2. The van der Waals surface area contributed by atoms with Crippen LogP contribution in [-0.2, 0) is 31.8 Å². The second-order valence-electron chi connectivity index (χ2n) is 15.4. The van der Waals surface area contributed by atoms with Gasteiger partial charge in [0.2, 0.25) is 11.7 Å². The summed E-state index contributed by atoms with van der Waals surface area (Å²) < 4.78 is 21.3. The first-order valence-corrected chi connectivity index (χ1v) is 18.4. The van der Waals surface area contributed by atoms with Gasteiger partial charge in [0.05, 0.1) is 42.6 Å². The molecule has 13 nitrogen and oxygen atoms in total. The maximum absolute atomic E-state index is 13.4. The number of aliphatic hydroxyl groups is 1. The van der Waals surface area contributed by atoms with Gasteiger partial charge >= 0.3 is 0 Å². The van der Waals surface area contributed by atoms with Gasteiger partial charge in [-0.2, -0.15) is 0 Å². The Balaban J connectivity index is 0.000000242. The van der Waals surface area contributed by atoms with Gasteiger partial charge in [-0.1, -0.05) is 26.0 Å². The number of nitrogens with one attached hydrogen (secondary N) is 1. The van der Waals surface area contributed by atoms with Crippen molar-refractivity contribution in [3.05, 3.63) is 51.6 Å². The normalized spacial score (nSPS) is 31.2. The Kier molecular flexibility index (Phi) is 11.0. The maximum Gasteiger partial charge on any atom is 0.223 e. The van der Waals surface area contributed by atoms with E-state index in [0.29, 0.717) is 37.1 Å². The molecule has 3 fully saturated rings. The van der Waals surface area contributed by atoms with E-state index in [-0.39, 0.29) is 81.2 Å². The summed E-state index contributed by atoms with van der Waals surface area (Å²) in [6, 6.07) is 4.85. The van der Waals surface area contributed by atoms with Crippen LogP contribution in [-0.4, -0.2) is 115 Å². The van der Waals surface area contributed by atoms with E-state index in [9.17, 15) is 29.7 Å². The van der Waals surface area contributed by atoms with Crippen LogP contribution in [0.1, 0.15) is 95.8 Å². The molecule has 2 saturated heterocycles. The van der Waals surface area contributed by atoms with Gasteiger partial charge in [-0.25, -0.2) is 0 Å². The van der Waals surface area contributed by atoms with Crippen LogP contribution in [0.2, 0.25) is 0 Å². The summed E-state index contributed by atoms with van der Waals surface area (Å²) in [5.41, 5.74) is 6.67. The highest BCUT2D eigenvalue weighted by Gasteiger charge is 2.48. The molecule has 5 unspecified atom stereocenters. The van der Waals surface area contributed by atoms with E-state index in [0.717, 1.165) is 45.4 Å². The molecule has 0 radical (unpaired) electrons. The molecule has 2 aromatic rings. The second kappa shape index (κ2) is 15.0. The van der Waals surface area contributed by atoms with Crippen molar-refractivity contribution in [2.24, 2.45) is 17.1 Å². The number of methoxy groups -OCH3 is 2. The average Bonchev–Trinajstić information content (AvgIpc) is 3.14. The molecule has 13 heteroatoms. The number of aliphatic hydroxyl groups excluding tert-OH is 1. The molecule has 52 heavy (non-hydrogen) atoms. The Hall–Kier alpha value is -3.59. The largest absolute Gasteiger partial charge is 0.507 e. The molecule has 5 atom stereocenters. The second-order valence-corrected chi connectivity index (χ2v) is 15.4. The number of rotatable bonds is 7. The van der Waals surface area contributed by atoms with Crippen molar-refractivity contribution >= 4 is 17.5 Å². The van der Waals surface area contributed by atoms with Gasteiger partial charge in [0.15, 0.2) is 12.1 Å². The summed E-state index contributed by atoms with van der Waals surface area (Å²) in [6.07, 6.45) is 3.77. The van der Waals surface area contributed by atoms with Gasteiger partial charge in [0.1, 0.15) is 17.2 Å². The lowest BCUT2D eigenvalue weighted by atomic mass is 9.57. The van der Waals surface area contributed by atoms with Crippen molar-refractivity contribution in [1.29, 1.82) is 0 Å². The first kappa shape index (κ1) is 38.1. The monoisotopic (exact) mass is 723 g/mol. The molecular formula is C39H53N3O10. The molecule has 2 aromatic carbocycles. The summed E-state index contributed by atoms with van der Waals surface area (Å²) in [5.74, 6) is -2.06. The molecule has 0 aromatic heterocycles. The quantitative estimate of drug-likeness (QED) is 0.225. The number of hydrogen-bond donors (Lipinski definition) is 5. The predicted octanol–water partition coefficient (Wildman–Crippen LogP) is 2.84. The number of ketones is 2. The number of nitrogens with zero attached hydrogens (tertiary/aromatic N) is 1. The molecular weight excluding hydrogens is 670 g/mol. The lowest BCUT2D eigenvalue weighted by molar-refractivity contribution is -0.190. The van der Waals surface area contributed by atoms with E-state index in [1.54, 1.807) is 19.2 Å². The lowest BCUT2D eigenvalue weighted by Crippen LogP contribution is -2.60. The number of nitrogens with two attached hydrogens (primary N) is 1. The smallest absolute Gasteiger partial charge is 0.223 e. The third-order valence-corrected chi connectivity index (χ3v) is 11.8. The molecule has 1 saturated carbocycles. The summed E-state index contributed by atoms with van der Waals surface area (Å²) in [4.78, 5) is 42.0. The van der Waals surface area contributed by atoms with Crippen LogP contribution in [0.5, 0.6) is 17.2 Å². The number of morpholine rings is 1. The Labute approximate surface area is 304 Å². The van der Waals surface area contributed by atoms with Crippen LogP contribution in [0, 0.1) is 11.3 Å². The number of hydrogen-bond acceptors (Lipinski definition) is 12. The summed E-state index contributed by atoms with van der Waals surface area (Å²) in [5, 5.41) is 35.4. The highest BCUT2D eigenvalue weighted by Crippen LogP contribution is 2.49. The molecule has 2 aliphatic heterocycles. The van der Waals surface area contributed by atoms with Crippen LogP contribution in [0.3, 0.4) is 0 Å².